The van der Waals surface area contributed by atoms with Crippen LogP contribution >= 0.6 is 10.7 Å². The molecule has 4 aromatic rings. The van der Waals surface area contributed by atoms with Crippen molar-refractivity contribution < 1.29 is 16.8 Å². The second-order valence-corrected chi connectivity index (χ2v) is 10.4. The SMILES string of the molecule is O=S(=O)(Cl)c1cccc2c(S(=O)(=O)c3cccc4ccccc34)cccc12. The van der Waals surface area contributed by atoms with E-state index in [0.717, 1.165) is 5.39 Å². The first-order valence-corrected chi connectivity index (χ1v) is 11.8. The van der Waals surface area contributed by atoms with Gasteiger partial charge < -0.3 is 0 Å². The van der Waals surface area contributed by atoms with Crippen LogP contribution in [-0.4, -0.2) is 16.8 Å². The van der Waals surface area contributed by atoms with E-state index in [1.807, 2.05) is 18.2 Å². The van der Waals surface area contributed by atoms with Gasteiger partial charge >= 0.3 is 0 Å². The highest BCUT2D eigenvalue weighted by molar-refractivity contribution is 8.14. The number of sulfone groups is 1. The first-order chi connectivity index (χ1) is 12.8. The summed E-state index contributed by atoms with van der Waals surface area (Å²) in [6, 6.07) is 21.3. The Balaban J connectivity index is 2.08. The molecule has 0 amide bonds. The predicted molar refractivity (Wildman–Crippen MR) is 106 cm³/mol. The molecule has 4 rings (SSSR count). The second kappa shape index (κ2) is 6.34. The van der Waals surface area contributed by atoms with Crippen LogP contribution in [0.4, 0.5) is 0 Å². The molecule has 0 unspecified atom stereocenters. The minimum Gasteiger partial charge on any atom is -0.218 e. The third-order valence-electron chi connectivity index (χ3n) is 4.43. The molecule has 0 saturated carbocycles. The van der Waals surface area contributed by atoms with E-state index in [2.05, 4.69) is 0 Å². The maximum absolute atomic E-state index is 13.4. The Kier molecular flexibility index (Phi) is 4.22. The summed E-state index contributed by atoms with van der Waals surface area (Å²) in [6.45, 7) is 0. The van der Waals surface area contributed by atoms with Gasteiger partial charge in [0, 0.05) is 26.8 Å². The molecule has 0 aliphatic rings. The van der Waals surface area contributed by atoms with Gasteiger partial charge in [-0.15, -0.1) is 0 Å². The molecular formula is C20H13ClO4S2. The number of halogens is 1. The van der Waals surface area contributed by atoms with E-state index in [1.54, 1.807) is 36.4 Å². The summed E-state index contributed by atoms with van der Waals surface area (Å²) in [6.07, 6.45) is 0. The van der Waals surface area contributed by atoms with Crippen LogP contribution in [0.5, 0.6) is 0 Å². The molecule has 0 aromatic heterocycles. The lowest BCUT2D eigenvalue weighted by molar-refractivity contribution is 0.597. The van der Waals surface area contributed by atoms with Crippen molar-refractivity contribution in [2.75, 3.05) is 0 Å². The van der Waals surface area contributed by atoms with Crippen LogP contribution in [0.2, 0.25) is 0 Å². The average Bonchev–Trinajstić information content (AvgIpc) is 2.65. The zero-order valence-corrected chi connectivity index (χ0v) is 16.2. The summed E-state index contributed by atoms with van der Waals surface area (Å²) in [4.78, 5) is 0.0994. The van der Waals surface area contributed by atoms with Crippen molar-refractivity contribution >= 4 is 51.1 Å². The van der Waals surface area contributed by atoms with Crippen molar-refractivity contribution in [3.05, 3.63) is 78.9 Å². The zero-order valence-electron chi connectivity index (χ0n) is 13.8. The average molecular weight is 417 g/mol. The van der Waals surface area contributed by atoms with Gasteiger partial charge in [-0.05, 0) is 23.6 Å². The standard InChI is InChI=1S/C20H13ClO4S2/c21-27(24,25)20-13-5-9-16-17(20)10-4-12-19(16)26(22,23)18-11-3-7-14-6-1-2-8-15(14)18/h1-13H. The largest absolute Gasteiger partial charge is 0.261 e. The lowest BCUT2D eigenvalue weighted by Crippen LogP contribution is -2.04. The third kappa shape index (κ3) is 3.00. The molecule has 0 heterocycles. The van der Waals surface area contributed by atoms with Gasteiger partial charge in [0.2, 0.25) is 9.84 Å². The van der Waals surface area contributed by atoms with Crippen LogP contribution in [0, 0.1) is 0 Å². The Morgan fingerprint density at radius 2 is 0.963 bits per heavy atom. The van der Waals surface area contributed by atoms with E-state index in [0.29, 0.717) is 10.8 Å². The van der Waals surface area contributed by atoms with Gasteiger partial charge in [-0.25, -0.2) is 16.8 Å². The Bertz CT molecular complexity index is 1400. The molecule has 7 heteroatoms. The molecule has 0 fully saturated rings. The van der Waals surface area contributed by atoms with E-state index in [4.69, 9.17) is 10.7 Å². The molecular weight excluding hydrogens is 404 g/mol. The molecule has 27 heavy (non-hydrogen) atoms. The number of benzene rings is 4. The summed E-state index contributed by atoms with van der Waals surface area (Å²) >= 11 is 0. The maximum Gasteiger partial charge on any atom is 0.261 e. The zero-order chi connectivity index (χ0) is 19.2. The highest BCUT2D eigenvalue weighted by Gasteiger charge is 2.24. The van der Waals surface area contributed by atoms with Crippen LogP contribution in [0.25, 0.3) is 21.5 Å². The molecule has 136 valence electrons. The molecule has 0 spiro atoms. The lowest BCUT2D eigenvalue weighted by atomic mass is 10.1. The van der Waals surface area contributed by atoms with Crippen LogP contribution in [0.15, 0.2) is 93.5 Å². The van der Waals surface area contributed by atoms with Crippen molar-refractivity contribution in [1.82, 2.24) is 0 Å². The van der Waals surface area contributed by atoms with Crippen LogP contribution < -0.4 is 0 Å². The summed E-state index contributed by atoms with van der Waals surface area (Å²) in [5, 5.41) is 2.00. The van der Waals surface area contributed by atoms with Crippen molar-refractivity contribution in [2.24, 2.45) is 0 Å². The quantitative estimate of drug-likeness (QED) is 0.452. The Morgan fingerprint density at radius 3 is 1.63 bits per heavy atom. The van der Waals surface area contributed by atoms with Crippen LogP contribution in [-0.2, 0) is 18.9 Å². The van der Waals surface area contributed by atoms with Crippen molar-refractivity contribution in [2.45, 2.75) is 14.7 Å². The maximum atomic E-state index is 13.4. The van der Waals surface area contributed by atoms with E-state index in [1.165, 1.54) is 24.3 Å². The lowest BCUT2D eigenvalue weighted by Gasteiger charge is -2.12. The summed E-state index contributed by atoms with van der Waals surface area (Å²) < 4.78 is 50.6. The topological polar surface area (TPSA) is 68.3 Å². The van der Waals surface area contributed by atoms with Gasteiger partial charge in [-0.3, -0.25) is 0 Å². The van der Waals surface area contributed by atoms with Gasteiger partial charge in [0.1, 0.15) is 0 Å². The van der Waals surface area contributed by atoms with Gasteiger partial charge in [0.05, 0.1) is 14.7 Å². The normalized spacial score (nSPS) is 12.5. The monoisotopic (exact) mass is 416 g/mol. The van der Waals surface area contributed by atoms with Crippen LogP contribution in [0.3, 0.4) is 0 Å². The Morgan fingerprint density at radius 1 is 0.519 bits per heavy atom. The van der Waals surface area contributed by atoms with Gasteiger partial charge in [0.25, 0.3) is 9.05 Å². The number of rotatable bonds is 3. The minimum absolute atomic E-state index is 0.0403. The fourth-order valence-corrected chi connectivity index (χ4v) is 6.03. The molecule has 0 saturated heterocycles. The van der Waals surface area contributed by atoms with E-state index >= 15 is 0 Å². The molecule has 0 aliphatic carbocycles. The fraction of sp³-hybridized carbons (Fsp3) is 0. The van der Waals surface area contributed by atoms with Crippen molar-refractivity contribution in [3.63, 3.8) is 0 Å². The minimum atomic E-state index is -4.01. The van der Waals surface area contributed by atoms with Crippen molar-refractivity contribution in [1.29, 1.82) is 0 Å². The second-order valence-electron chi connectivity index (χ2n) is 6.03. The number of hydrogen-bond acceptors (Lipinski definition) is 4. The number of hydrogen-bond donors (Lipinski definition) is 0. The highest BCUT2D eigenvalue weighted by atomic mass is 35.7. The highest BCUT2D eigenvalue weighted by Crippen LogP contribution is 2.34. The summed E-state index contributed by atoms with van der Waals surface area (Å²) in [5.41, 5.74) is 0. The smallest absolute Gasteiger partial charge is 0.218 e. The molecule has 0 aliphatic heterocycles. The van der Waals surface area contributed by atoms with E-state index < -0.39 is 18.9 Å². The number of fused-ring (bicyclic) bond motifs is 2. The Hall–Kier alpha value is -2.41. The Labute approximate surface area is 161 Å². The van der Waals surface area contributed by atoms with E-state index in [9.17, 15) is 16.8 Å². The predicted octanol–water partition coefficient (Wildman–Crippen LogP) is 4.75. The molecule has 4 aromatic carbocycles. The van der Waals surface area contributed by atoms with Gasteiger partial charge in [-0.1, -0.05) is 60.7 Å². The molecule has 4 nitrogen and oxygen atoms in total. The molecule has 0 N–H and O–H groups in total. The molecule has 0 atom stereocenters. The fourth-order valence-electron chi connectivity index (χ4n) is 3.25. The first kappa shape index (κ1) is 18.0. The van der Waals surface area contributed by atoms with Gasteiger partial charge in [-0.2, -0.15) is 0 Å². The molecule has 0 radical (unpaired) electrons. The van der Waals surface area contributed by atoms with Crippen LogP contribution in [0.1, 0.15) is 0 Å². The van der Waals surface area contributed by atoms with E-state index in [-0.39, 0.29) is 20.1 Å². The summed E-state index contributed by atoms with van der Waals surface area (Å²) in [5.74, 6) is 0. The first-order valence-electron chi connectivity index (χ1n) is 7.99. The molecule has 0 bridgehead atoms. The summed E-state index contributed by atoms with van der Waals surface area (Å²) in [7, 11) is -2.38. The van der Waals surface area contributed by atoms with Crippen molar-refractivity contribution in [3.8, 4) is 0 Å². The third-order valence-corrected chi connectivity index (χ3v) is 7.68. The van der Waals surface area contributed by atoms with Gasteiger partial charge in [0.15, 0.2) is 0 Å².